The van der Waals surface area contributed by atoms with Crippen LogP contribution in [-0.4, -0.2) is 56.6 Å². The lowest BCUT2D eigenvalue weighted by Gasteiger charge is -2.35. The third-order valence-corrected chi connectivity index (χ3v) is 5.15. The van der Waals surface area contributed by atoms with Gasteiger partial charge in [0.1, 0.15) is 0 Å². The van der Waals surface area contributed by atoms with Crippen molar-refractivity contribution in [3.63, 3.8) is 0 Å². The lowest BCUT2D eigenvalue weighted by Crippen LogP contribution is -2.49. The van der Waals surface area contributed by atoms with Gasteiger partial charge in [0.15, 0.2) is 11.4 Å². The van der Waals surface area contributed by atoms with Crippen LogP contribution in [0.4, 0.5) is 0 Å². The molecule has 1 fully saturated rings. The van der Waals surface area contributed by atoms with Crippen LogP contribution >= 0.6 is 0 Å². The minimum absolute atomic E-state index is 0.0206. The van der Waals surface area contributed by atoms with Gasteiger partial charge in [-0.1, -0.05) is 25.1 Å². The second-order valence-electron chi connectivity index (χ2n) is 7.57. The Morgan fingerprint density at radius 1 is 1.17 bits per heavy atom. The summed E-state index contributed by atoms with van der Waals surface area (Å²) in [7, 11) is 0. The average Bonchev–Trinajstić information content (AvgIpc) is 3.11. The molecule has 0 bridgehead atoms. The highest BCUT2D eigenvalue weighted by molar-refractivity contribution is 5.84. The third-order valence-electron chi connectivity index (χ3n) is 5.15. The predicted octanol–water partition coefficient (Wildman–Crippen LogP) is 0.967. The fourth-order valence-electron chi connectivity index (χ4n) is 3.58. The van der Waals surface area contributed by atoms with Crippen LogP contribution in [-0.2, 0) is 11.3 Å². The molecule has 1 saturated heterocycles. The normalized spacial score (nSPS) is 15.3. The third kappa shape index (κ3) is 3.86. The zero-order valence-electron chi connectivity index (χ0n) is 16.4. The minimum atomic E-state index is -0.566. The van der Waals surface area contributed by atoms with E-state index in [0.717, 1.165) is 38.3 Å². The van der Waals surface area contributed by atoms with Crippen molar-refractivity contribution in [1.29, 1.82) is 0 Å². The van der Waals surface area contributed by atoms with E-state index in [1.165, 1.54) is 16.8 Å². The minimum Gasteiger partial charge on any atom is -0.354 e. The van der Waals surface area contributed by atoms with Gasteiger partial charge in [-0.2, -0.15) is 0 Å². The number of carbonyl (C=O) groups excluding carboxylic acids is 1. The van der Waals surface area contributed by atoms with Crippen molar-refractivity contribution in [1.82, 2.24) is 24.5 Å². The van der Waals surface area contributed by atoms with Crippen molar-refractivity contribution < 1.29 is 9.32 Å². The predicted molar refractivity (Wildman–Crippen MR) is 107 cm³/mol. The van der Waals surface area contributed by atoms with Crippen LogP contribution in [0.25, 0.3) is 16.8 Å². The number of carbonyl (C=O) groups is 1. The number of rotatable bonds is 4. The van der Waals surface area contributed by atoms with Crippen molar-refractivity contribution in [2.45, 2.75) is 20.4 Å². The Morgan fingerprint density at radius 2 is 1.93 bits per heavy atom. The summed E-state index contributed by atoms with van der Waals surface area (Å²) in [5, 5.41) is 4.70. The second kappa shape index (κ2) is 7.67. The Kier molecular flexibility index (Phi) is 5.06. The average molecular weight is 397 g/mol. The van der Waals surface area contributed by atoms with Gasteiger partial charge < -0.3 is 9.42 Å². The van der Waals surface area contributed by atoms with Gasteiger partial charge in [0, 0.05) is 50.9 Å². The van der Waals surface area contributed by atoms with E-state index in [1.807, 2.05) is 36.9 Å². The summed E-state index contributed by atoms with van der Waals surface area (Å²) in [6.07, 6.45) is 1.39. The molecule has 0 unspecified atom stereocenters. The molecule has 152 valence electrons. The van der Waals surface area contributed by atoms with Crippen molar-refractivity contribution in [2.75, 3.05) is 26.2 Å². The molecule has 9 heteroatoms. The van der Waals surface area contributed by atoms with Gasteiger partial charge >= 0.3 is 5.69 Å². The molecule has 9 nitrogen and oxygen atoms in total. The summed E-state index contributed by atoms with van der Waals surface area (Å²) >= 11 is 0. The summed E-state index contributed by atoms with van der Waals surface area (Å²) in [5.74, 6) is 0.564. The highest BCUT2D eigenvalue weighted by atomic mass is 16.5. The van der Waals surface area contributed by atoms with E-state index in [-0.39, 0.29) is 11.8 Å². The van der Waals surface area contributed by atoms with Gasteiger partial charge in [-0.05, 0) is 17.7 Å². The summed E-state index contributed by atoms with van der Waals surface area (Å²) in [6, 6.07) is 7.02. The van der Waals surface area contributed by atoms with Crippen LogP contribution in [0.2, 0.25) is 0 Å². The number of amides is 1. The fourth-order valence-corrected chi connectivity index (χ4v) is 3.58. The first-order chi connectivity index (χ1) is 13.9. The number of benzene rings is 1. The van der Waals surface area contributed by atoms with Gasteiger partial charge in [0.05, 0.1) is 5.39 Å². The maximum absolute atomic E-state index is 12.1. The van der Waals surface area contributed by atoms with E-state index >= 15 is 0 Å². The molecular weight excluding hydrogens is 374 g/mol. The smallest absolute Gasteiger partial charge is 0.334 e. The number of aromatic nitrogens is 3. The molecule has 0 aliphatic carbocycles. The van der Waals surface area contributed by atoms with Crippen molar-refractivity contribution in [3.8, 4) is 5.82 Å². The highest BCUT2D eigenvalue weighted by Crippen LogP contribution is 2.23. The van der Waals surface area contributed by atoms with Crippen molar-refractivity contribution in [3.05, 3.63) is 56.9 Å². The van der Waals surface area contributed by atoms with Gasteiger partial charge in [0.2, 0.25) is 5.91 Å². The van der Waals surface area contributed by atoms with E-state index < -0.39 is 11.2 Å². The standard InChI is InChI=1S/C20H23N5O4/c1-13(2)19(27)24-9-7-23(8-10-24)12-14-3-4-16-15(11-14)18(22-29-16)25-6-5-17(26)21-20(25)28/h3-6,11,13H,7-10,12H2,1-2H3,(H,21,26,28). The molecule has 0 spiro atoms. The topological polar surface area (TPSA) is 104 Å². The Hall–Kier alpha value is -3.20. The first-order valence-electron chi connectivity index (χ1n) is 9.64. The lowest BCUT2D eigenvalue weighted by atomic mass is 10.1. The lowest BCUT2D eigenvalue weighted by molar-refractivity contribution is -0.136. The first kappa shape index (κ1) is 19.1. The molecule has 3 aromatic rings. The zero-order valence-corrected chi connectivity index (χ0v) is 16.4. The molecule has 4 rings (SSSR count). The monoisotopic (exact) mass is 397 g/mol. The summed E-state index contributed by atoms with van der Waals surface area (Å²) < 4.78 is 6.59. The Bertz CT molecular complexity index is 1150. The second-order valence-corrected chi connectivity index (χ2v) is 7.57. The van der Waals surface area contributed by atoms with Crippen LogP contribution in [0.5, 0.6) is 0 Å². The number of nitrogens with one attached hydrogen (secondary N) is 1. The molecule has 1 amide bonds. The molecule has 29 heavy (non-hydrogen) atoms. The van der Waals surface area contributed by atoms with Crippen LogP contribution in [0.1, 0.15) is 19.4 Å². The number of fused-ring (bicyclic) bond motifs is 1. The zero-order chi connectivity index (χ0) is 20.5. The SMILES string of the molecule is CC(C)C(=O)N1CCN(Cc2ccc3onc(-n4ccc(=O)[nH]c4=O)c3c2)CC1. The maximum Gasteiger partial charge on any atom is 0.334 e. The molecule has 0 atom stereocenters. The van der Waals surface area contributed by atoms with E-state index in [2.05, 4.69) is 15.0 Å². The van der Waals surface area contributed by atoms with Crippen LogP contribution in [0.3, 0.4) is 0 Å². The van der Waals surface area contributed by atoms with E-state index in [9.17, 15) is 14.4 Å². The van der Waals surface area contributed by atoms with Gasteiger partial charge in [-0.25, -0.2) is 9.36 Å². The van der Waals surface area contributed by atoms with E-state index in [1.54, 1.807) is 0 Å². The Balaban J connectivity index is 1.53. The quantitative estimate of drug-likeness (QED) is 0.703. The first-order valence-corrected chi connectivity index (χ1v) is 9.64. The molecule has 0 saturated carbocycles. The Labute approximate surface area is 166 Å². The summed E-state index contributed by atoms with van der Waals surface area (Å²) in [5.41, 5.74) is 0.594. The van der Waals surface area contributed by atoms with Gasteiger partial charge in [-0.15, -0.1) is 0 Å². The fraction of sp³-hybridized carbons (Fsp3) is 0.400. The molecule has 3 heterocycles. The molecule has 1 aromatic carbocycles. The number of hydrogen-bond acceptors (Lipinski definition) is 6. The molecule has 1 N–H and O–H groups in total. The molecular formula is C20H23N5O4. The van der Waals surface area contributed by atoms with Gasteiger partial charge in [-0.3, -0.25) is 19.5 Å². The highest BCUT2D eigenvalue weighted by Gasteiger charge is 2.23. The number of piperazine rings is 1. The van der Waals surface area contributed by atoms with Gasteiger partial charge in [0.25, 0.3) is 5.56 Å². The number of H-pyrrole nitrogens is 1. The van der Waals surface area contributed by atoms with Crippen molar-refractivity contribution in [2.24, 2.45) is 5.92 Å². The van der Waals surface area contributed by atoms with E-state index in [4.69, 9.17) is 4.52 Å². The Morgan fingerprint density at radius 3 is 2.62 bits per heavy atom. The number of nitrogens with zero attached hydrogens (tertiary/aromatic N) is 4. The van der Waals surface area contributed by atoms with E-state index in [0.29, 0.717) is 16.8 Å². The molecule has 1 aliphatic heterocycles. The summed E-state index contributed by atoms with van der Waals surface area (Å²) in [6.45, 7) is 7.65. The molecule has 0 radical (unpaired) electrons. The van der Waals surface area contributed by atoms with Crippen molar-refractivity contribution >= 4 is 16.9 Å². The molecule has 1 aliphatic rings. The molecule has 2 aromatic heterocycles. The number of hydrogen-bond donors (Lipinski definition) is 1. The maximum atomic E-state index is 12.1. The summed E-state index contributed by atoms with van der Waals surface area (Å²) in [4.78, 5) is 42.0. The largest absolute Gasteiger partial charge is 0.354 e. The van der Waals surface area contributed by atoms with Crippen LogP contribution in [0, 0.1) is 5.92 Å². The van der Waals surface area contributed by atoms with Crippen LogP contribution < -0.4 is 11.2 Å². The van der Waals surface area contributed by atoms with Crippen LogP contribution in [0.15, 0.2) is 44.6 Å². The number of aromatic amines is 1.